The third-order valence-electron chi connectivity index (χ3n) is 5.30. The number of phenols is 1. The molecule has 168 valence electrons. The monoisotopic (exact) mass is 456 g/mol. The Kier molecular flexibility index (Phi) is 6.10. The van der Waals surface area contributed by atoms with Crippen molar-refractivity contribution >= 4 is 39.8 Å². The first-order chi connectivity index (χ1) is 15.3. The summed E-state index contributed by atoms with van der Waals surface area (Å²) in [6, 6.07) is 5.05. The molecule has 0 radical (unpaired) electrons. The van der Waals surface area contributed by atoms with Crippen LogP contribution in [0, 0.1) is 13.8 Å². The lowest BCUT2D eigenvalue weighted by atomic mass is 10.1. The van der Waals surface area contributed by atoms with Crippen LogP contribution in [0.5, 0.6) is 5.75 Å². The molecule has 1 atom stereocenters. The minimum atomic E-state index is -0.453. The minimum Gasteiger partial charge on any atom is -0.508 e. The topological polar surface area (TPSA) is 133 Å². The van der Waals surface area contributed by atoms with Gasteiger partial charge in [0.1, 0.15) is 17.2 Å². The maximum atomic E-state index is 12.6. The number of aryl methyl sites for hydroxylation is 1. The first-order valence-electron chi connectivity index (χ1n) is 10.1. The predicted octanol–water partition coefficient (Wildman–Crippen LogP) is 2.25. The number of phenolic OH excluding ortho intramolecular Hbond substituents is 1. The quantitative estimate of drug-likeness (QED) is 0.447. The molecular formula is C21H24N6O4S. The van der Waals surface area contributed by atoms with Crippen molar-refractivity contribution in [1.29, 1.82) is 0 Å². The molecule has 1 aliphatic rings. The number of anilines is 3. The molecule has 2 aromatic heterocycles. The number of carbonyl (C=O) groups excluding carboxylic acids is 2. The summed E-state index contributed by atoms with van der Waals surface area (Å²) in [5, 5.41) is 30.1. The summed E-state index contributed by atoms with van der Waals surface area (Å²) >= 11 is 1.17. The Hall–Kier alpha value is -3.44. The average Bonchev–Trinajstić information content (AvgIpc) is 3.50. The molecule has 0 aliphatic carbocycles. The number of hydrogen-bond donors (Lipinski definition) is 4. The summed E-state index contributed by atoms with van der Waals surface area (Å²) in [6.45, 7) is 4.59. The van der Waals surface area contributed by atoms with E-state index in [4.69, 9.17) is 0 Å². The molecule has 32 heavy (non-hydrogen) atoms. The second-order valence-corrected chi connectivity index (χ2v) is 8.72. The number of nitrogens with zero attached hydrogens (tertiary/aromatic N) is 4. The van der Waals surface area contributed by atoms with Gasteiger partial charge in [-0.2, -0.15) is 5.10 Å². The van der Waals surface area contributed by atoms with Gasteiger partial charge in [-0.25, -0.2) is 4.98 Å². The smallest absolute Gasteiger partial charge is 0.267 e. The molecule has 1 aromatic carbocycles. The fourth-order valence-electron chi connectivity index (χ4n) is 3.47. The second kappa shape index (κ2) is 8.97. The van der Waals surface area contributed by atoms with E-state index < -0.39 is 6.10 Å². The predicted molar refractivity (Wildman–Crippen MR) is 120 cm³/mol. The van der Waals surface area contributed by atoms with Crippen molar-refractivity contribution in [3.8, 4) is 5.75 Å². The van der Waals surface area contributed by atoms with Gasteiger partial charge in [0.2, 0.25) is 5.91 Å². The number of carbonyl (C=O) groups is 2. The van der Waals surface area contributed by atoms with Gasteiger partial charge < -0.3 is 25.7 Å². The fourth-order valence-corrected chi connectivity index (χ4v) is 4.19. The standard InChI is InChI=1S/C21H24N6O4S/c1-12-3-4-15(29)13(2)19(12)24-20(31)16-9-22-21(32-16)23-17-6-8-27(25-17)11-18(30)26-7-5-14(28)10-26/h3-4,6,8-9,14,28-29H,5,7,10-11H2,1-2H3,(H,24,31)(H,22,23,25)/t14-/m0/s1. The SMILES string of the molecule is Cc1ccc(O)c(C)c1NC(=O)c1cnc(Nc2ccn(CC(=O)N3CC[C@H](O)C3)n2)s1. The molecule has 11 heteroatoms. The van der Waals surface area contributed by atoms with Crippen molar-refractivity contribution in [3.05, 3.63) is 46.6 Å². The number of aromatic hydroxyl groups is 1. The van der Waals surface area contributed by atoms with Gasteiger partial charge in [-0.05, 0) is 31.9 Å². The van der Waals surface area contributed by atoms with Crippen molar-refractivity contribution in [2.45, 2.75) is 32.9 Å². The van der Waals surface area contributed by atoms with Crippen LogP contribution in [0.2, 0.25) is 0 Å². The largest absolute Gasteiger partial charge is 0.508 e. The van der Waals surface area contributed by atoms with E-state index in [1.165, 1.54) is 22.2 Å². The highest BCUT2D eigenvalue weighted by atomic mass is 32.1. The van der Waals surface area contributed by atoms with Crippen molar-refractivity contribution in [1.82, 2.24) is 19.7 Å². The molecular weight excluding hydrogens is 432 g/mol. The molecule has 0 saturated carbocycles. The molecule has 1 fully saturated rings. The van der Waals surface area contributed by atoms with E-state index in [1.807, 2.05) is 6.92 Å². The van der Waals surface area contributed by atoms with Gasteiger partial charge in [-0.1, -0.05) is 17.4 Å². The summed E-state index contributed by atoms with van der Waals surface area (Å²) in [4.78, 5) is 31.2. The normalized spacial score (nSPS) is 15.7. The molecule has 4 rings (SSSR count). The Morgan fingerprint density at radius 1 is 1.28 bits per heavy atom. The van der Waals surface area contributed by atoms with Gasteiger partial charge in [0.05, 0.1) is 18.0 Å². The zero-order chi connectivity index (χ0) is 22.8. The molecule has 1 aliphatic heterocycles. The first kappa shape index (κ1) is 21.8. The number of β-amino-alcohol motifs (C(OH)–C–C–N with tert-alkyl or cyclic N) is 1. The Balaban J connectivity index is 1.37. The number of benzene rings is 1. The molecule has 3 heterocycles. The lowest BCUT2D eigenvalue weighted by Crippen LogP contribution is -2.32. The van der Waals surface area contributed by atoms with Gasteiger partial charge in [-0.15, -0.1) is 0 Å². The van der Waals surface area contributed by atoms with Gasteiger partial charge in [0, 0.05) is 30.9 Å². The molecule has 3 aromatic rings. The fraction of sp³-hybridized carbons (Fsp3) is 0.333. The van der Waals surface area contributed by atoms with Gasteiger partial charge in [-0.3, -0.25) is 14.3 Å². The van der Waals surface area contributed by atoms with Crippen LogP contribution in [0.3, 0.4) is 0 Å². The summed E-state index contributed by atoms with van der Waals surface area (Å²) in [7, 11) is 0. The number of nitrogens with one attached hydrogen (secondary N) is 2. The van der Waals surface area contributed by atoms with Crippen LogP contribution in [-0.2, 0) is 11.3 Å². The van der Waals surface area contributed by atoms with Gasteiger partial charge in [0.25, 0.3) is 5.91 Å². The highest BCUT2D eigenvalue weighted by molar-refractivity contribution is 7.17. The van der Waals surface area contributed by atoms with Crippen LogP contribution in [0.25, 0.3) is 0 Å². The van der Waals surface area contributed by atoms with Crippen LogP contribution in [-0.4, -0.2) is 60.9 Å². The van der Waals surface area contributed by atoms with Crippen LogP contribution in [0.15, 0.2) is 30.6 Å². The van der Waals surface area contributed by atoms with Crippen LogP contribution >= 0.6 is 11.3 Å². The number of amides is 2. The minimum absolute atomic E-state index is 0.0859. The average molecular weight is 457 g/mol. The van der Waals surface area contributed by atoms with Crippen molar-refractivity contribution in [2.24, 2.45) is 0 Å². The Labute approximate surface area is 188 Å². The summed E-state index contributed by atoms with van der Waals surface area (Å²) in [6.07, 6.45) is 3.30. The van der Waals surface area contributed by atoms with Crippen LogP contribution < -0.4 is 10.6 Å². The highest BCUT2D eigenvalue weighted by Gasteiger charge is 2.24. The number of aliphatic hydroxyl groups is 1. The van der Waals surface area contributed by atoms with E-state index in [0.717, 1.165) is 5.56 Å². The molecule has 0 unspecified atom stereocenters. The van der Waals surface area contributed by atoms with Crippen molar-refractivity contribution in [3.63, 3.8) is 0 Å². The summed E-state index contributed by atoms with van der Waals surface area (Å²) < 4.78 is 1.52. The third-order valence-corrected chi connectivity index (χ3v) is 6.21. The lowest BCUT2D eigenvalue weighted by molar-refractivity contribution is -0.131. The molecule has 1 saturated heterocycles. The molecule has 0 bridgehead atoms. The highest BCUT2D eigenvalue weighted by Crippen LogP contribution is 2.29. The van der Waals surface area contributed by atoms with E-state index in [9.17, 15) is 19.8 Å². The lowest BCUT2D eigenvalue weighted by Gasteiger charge is -2.15. The number of aliphatic hydroxyl groups excluding tert-OH is 1. The second-order valence-electron chi connectivity index (χ2n) is 7.69. The van der Waals surface area contributed by atoms with Crippen LogP contribution in [0.4, 0.5) is 16.6 Å². The van der Waals surface area contributed by atoms with Crippen LogP contribution in [0.1, 0.15) is 27.2 Å². The Morgan fingerprint density at radius 3 is 2.84 bits per heavy atom. The van der Waals surface area contributed by atoms with Gasteiger partial charge in [0.15, 0.2) is 10.9 Å². The summed E-state index contributed by atoms with van der Waals surface area (Å²) in [5.74, 6) is 0.200. The van der Waals surface area contributed by atoms with Crippen molar-refractivity contribution < 1.29 is 19.8 Å². The zero-order valence-electron chi connectivity index (χ0n) is 17.7. The molecule has 4 N–H and O–H groups in total. The summed E-state index contributed by atoms with van der Waals surface area (Å²) in [5.41, 5.74) is 2.02. The van der Waals surface area contributed by atoms with E-state index in [1.54, 1.807) is 36.2 Å². The van der Waals surface area contributed by atoms with E-state index in [-0.39, 0.29) is 24.1 Å². The Bertz CT molecular complexity index is 1160. The number of likely N-dealkylation sites (tertiary alicyclic amines) is 1. The Morgan fingerprint density at radius 2 is 2.09 bits per heavy atom. The van der Waals surface area contributed by atoms with E-state index in [2.05, 4.69) is 20.7 Å². The van der Waals surface area contributed by atoms with E-state index >= 15 is 0 Å². The maximum absolute atomic E-state index is 12.6. The zero-order valence-corrected chi connectivity index (χ0v) is 18.5. The first-order valence-corrected chi connectivity index (χ1v) is 10.9. The molecule has 0 spiro atoms. The van der Waals surface area contributed by atoms with E-state index in [0.29, 0.717) is 46.6 Å². The molecule has 10 nitrogen and oxygen atoms in total. The number of aromatic nitrogens is 3. The van der Waals surface area contributed by atoms with Gasteiger partial charge >= 0.3 is 0 Å². The maximum Gasteiger partial charge on any atom is 0.267 e. The molecule has 2 amide bonds. The van der Waals surface area contributed by atoms with Crippen molar-refractivity contribution in [2.75, 3.05) is 23.7 Å². The third kappa shape index (κ3) is 4.73. The number of thiazole rings is 1. The number of hydrogen-bond acceptors (Lipinski definition) is 8. The number of rotatable bonds is 6.